The molecular formula is C16H25N3. The van der Waals surface area contributed by atoms with E-state index in [0.717, 1.165) is 18.6 Å². The van der Waals surface area contributed by atoms with Crippen molar-refractivity contribution in [1.29, 1.82) is 0 Å². The molecule has 0 bridgehead atoms. The predicted octanol–water partition coefficient (Wildman–Crippen LogP) is 3.59. The summed E-state index contributed by atoms with van der Waals surface area (Å²) in [5.41, 5.74) is 2.58. The second kappa shape index (κ2) is 6.20. The molecule has 0 aliphatic rings. The van der Waals surface area contributed by atoms with Gasteiger partial charge in [0.15, 0.2) is 0 Å². The minimum absolute atomic E-state index is 0.237. The van der Waals surface area contributed by atoms with Crippen molar-refractivity contribution in [3.05, 3.63) is 30.6 Å². The Hall–Kier alpha value is -1.35. The number of rotatable bonds is 6. The number of hydrogen-bond acceptors (Lipinski definition) is 2. The van der Waals surface area contributed by atoms with Crippen molar-refractivity contribution >= 4 is 11.0 Å². The lowest BCUT2D eigenvalue weighted by Gasteiger charge is -2.20. The monoisotopic (exact) mass is 259 g/mol. The minimum Gasteiger partial charge on any atom is -0.331 e. The fraction of sp³-hybridized carbons (Fsp3) is 0.562. The molecule has 1 N–H and O–H groups in total. The number of nitrogens with one attached hydrogen (secondary N) is 1. The molecule has 0 fully saturated rings. The van der Waals surface area contributed by atoms with Crippen molar-refractivity contribution in [3.8, 4) is 0 Å². The summed E-state index contributed by atoms with van der Waals surface area (Å²) in [6.07, 6.45) is 5.67. The number of aryl methyl sites for hydroxylation is 1. The topological polar surface area (TPSA) is 29.9 Å². The van der Waals surface area contributed by atoms with Gasteiger partial charge in [0.1, 0.15) is 0 Å². The Bertz CT molecular complexity index is 508. The largest absolute Gasteiger partial charge is 0.331 e. The minimum atomic E-state index is 0.237. The third-order valence-corrected chi connectivity index (χ3v) is 3.26. The average molecular weight is 259 g/mol. The van der Waals surface area contributed by atoms with E-state index < -0.39 is 0 Å². The maximum absolute atomic E-state index is 4.42. The summed E-state index contributed by atoms with van der Waals surface area (Å²) in [5, 5.41) is 3.53. The van der Waals surface area contributed by atoms with Gasteiger partial charge in [-0.3, -0.25) is 0 Å². The molecular weight excluding hydrogens is 234 g/mol. The molecule has 104 valence electrons. The average Bonchev–Trinajstić information content (AvgIpc) is 2.76. The molecule has 0 unspecified atom stereocenters. The second-order valence-electron chi connectivity index (χ2n) is 6.16. The maximum atomic E-state index is 4.42. The van der Waals surface area contributed by atoms with Gasteiger partial charge in [-0.25, -0.2) is 4.98 Å². The summed E-state index contributed by atoms with van der Waals surface area (Å²) in [5.74, 6) is 0. The highest BCUT2D eigenvalue weighted by Gasteiger charge is 2.07. The van der Waals surface area contributed by atoms with E-state index in [1.54, 1.807) is 0 Å². The third kappa shape index (κ3) is 4.35. The van der Waals surface area contributed by atoms with Crippen LogP contribution in [-0.2, 0) is 6.54 Å². The number of para-hydroxylation sites is 2. The van der Waals surface area contributed by atoms with E-state index in [9.17, 15) is 0 Å². The van der Waals surface area contributed by atoms with Crippen LogP contribution >= 0.6 is 0 Å². The lowest BCUT2D eigenvalue weighted by molar-refractivity contribution is 0.415. The van der Waals surface area contributed by atoms with Crippen LogP contribution in [0.5, 0.6) is 0 Å². The first kappa shape index (κ1) is 14.1. The molecule has 3 heteroatoms. The summed E-state index contributed by atoms with van der Waals surface area (Å²) in [4.78, 5) is 4.42. The molecule has 0 saturated heterocycles. The number of benzene rings is 1. The molecule has 0 atom stereocenters. The van der Waals surface area contributed by atoms with Gasteiger partial charge in [-0.2, -0.15) is 0 Å². The summed E-state index contributed by atoms with van der Waals surface area (Å²) in [6.45, 7) is 8.81. The Labute approximate surface area is 116 Å². The van der Waals surface area contributed by atoms with E-state index >= 15 is 0 Å². The lowest BCUT2D eigenvalue weighted by atomic mass is 10.1. The van der Waals surface area contributed by atoms with E-state index in [1.807, 2.05) is 12.4 Å². The zero-order chi connectivity index (χ0) is 13.7. The lowest BCUT2D eigenvalue weighted by Crippen LogP contribution is -2.36. The molecule has 3 nitrogen and oxygen atoms in total. The van der Waals surface area contributed by atoms with Crippen molar-refractivity contribution in [1.82, 2.24) is 14.9 Å². The maximum Gasteiger partial charge on any atom is 0.0958 e. The molecule has 1 heterocycles. The number of hydrogen-bond donors (Lipinski definition) is 1. The Kier molecular flexibility index (Phi) is 4.59. The van der Waals surface area contributed by atoms with Gasteiger partial charge in [0.25, 0.3) is 0 Å². The summed E-state index contributed by atoms with van der Waals surface area (Å²) < 4.78 is 2.26. The molecule has 0 aliphatic heterocycles. The van der Waals surface area contributed by atoms with Crippen molar-refractivity contribution in [2.75, 3.05) is 6.54 Å². The Balaban J connectivity index is 1.71. The Morgan fingerprint density at radius 2 is 1.89 bits per heavy atom. The van der Waals surface area contributed by atoms with Crippen LogP contribution in [0.2, 0.25) is 0 Å². The highest BCUT2D eigenvalue weighted by molar-refractivity contribution is 5.74. The van der Waals surface area contributed by atoms with E-state index in [1.165, 1.54) is 24.8 Å². The summed E-state index contributed by atoms with van der Waals surface area (Å²) >= 11 is 0. The number of unbranched alkanes of at least 4 members (excludes halogenated alkanes) is 2. The number of fused-ring (bicyclic) bond motifs is 1. The van der Waals surface area contributed by atoms with Gasteiger partial charge in [-0.05, 0) is 52.3 Å². The fourth-order valence-corrected chi connectivity index (χ4v) is 2.24. The van der Waals surface area contributed by atoms with E-state index in [0.29, 0.717) is 0 Å². The van der Waals surface area contributed by atoms with Crippen LogP contribution in [0.1, 0.15) is 40.0 Å². The Morgan fingerprint density at radius 1 is 1.11 bits per heavy atom. The van der Waals surface area contributed by atoms with E-state index in [-0.39, 0.29) is 5.54 Å². The molecule has 2 aromatic rings. The molecule has 1 aromatic carbocycles. The van der Waals surface area contributed by atoms with Gasteiger partial charge in [0.05, 0.1) is 17.4 Å². The molecule has 0 spiro atoms. The van der Waals surface area contributed by atoms with Crippen LogP contribution in [0.15, 0.2) is 30.6 Å². The SMILES string of the molecule is CC(C)(C)NCCCCCn1cnc2ccccc21. The fourth-order valence-electron chi connectivity index (χ4n) is 2.24. The summed E-state index contributed by atoms with van der Waals surface area (Å²) in [6, 6.07) is 8.33. The van der Waals surface area contributed by atoms with Crippen LogP contribution in [0.3, 0.4) is 0 Å². The van der Waals surface area contributed by atoms with E-state index in [4.69, 9.17) is 0 Å². The smallest absolute Gasteiger partial charge is 0.0958 e. The van der Waals surface area contributed by atoms with Gasteiger partial charge in [0.2, 0.25) is 0 Å². The first-order valence-corrected chi connectivity index (χ1v) is 7.21. The predicted molar refractivity (Wildman–Crippen MR) is 81.3 cm³/mol. The van der Waals surface area contributed by atoms with Crippen molar-refractivity contribution < 1.29 is 0 Å². The first-order valence-electron chi connectivity index (χ1n) is 7.21. The van der Waals surface area contributed by atoms with Gasteiger partial charge in [0, 0.05) is 12.1 Å². The van der Waals surface area contributed by atoms with E-state index in [2.05, 4.69) is 53.8 Å². The molecule has 1 aromatic heterocycles. The number of aromatic nitrogens is 2. The molecule has 0 radical (unpaired) electrons. The van der Waals surface area contributed by atoms with Crippen LogP contribution in [0.4, 0.5) is 0 Å². The van der Waals surface area contributed by atoms with Crippen LogP contribution < -0.4 is 5.32 Å². The van der Waals surface area contributed by atoms with Gasteiger partial charge in [-0.1, -0.05) is 18.6 Å². The number of nitrogens with zero attached hydrogens (tertiary/aromatic N) is 2. The second-order valence-corrected chi connectivity index (χ2v) is 6.16. The molecule has 0 amide bonds. The highest BCUT2D eigenvalue weighted by atomic mass is 15.0. The molecule has 2 rings (SSSR count). The van der Waals surface area contributed by atoms with Gasteiger partial charge in [-0.15, -0.1) is 0 Å². The quantitative estimate of drug-likeness (QED) is 0.803. The zero-order valence-electron chi connectivity index (χ0n) is 12.3. The van der Waals surface area contributed by atoms with Crippen molar-refractivity contribution in [2.24, 2.45) is 0 Å². The van der Waals surface area contributed by atoms with Gasteiger partial charge >= 0.3 is 0 Å². The molecule has 0 aliphatic carbocycles. The zero-order valence-corrected chi connectivity index (χ0v) is 12.3. The van der Waals surface area contributed by atoms with Crippen LogP contribution in [-0.4, -0.2) is 21.6 Å². The Morgan fingerprint density at radius 3 is 2.68 bits per heavy atom. The van der Waals surface area contributed by atoms with Crippen molar-refractivity contribution in [2.45, 2.75) is 52.1 Å². The van der Waals surface area contributed by atoms with Crippen LogP contribution in [0.25, 0.3) is 11.0 Å². The number of imidazole rings is 1. The van der Waals surface area contributed by atoms with Gasteiger partial charge < -0.3 is 9.88 Å². The molecule has 19 heavy (non-hydrogen) atoms. The summed E-state index contributed by atoms with van der Waals surface area (Å²) in [7, 11) is 0. The normalized spacial score (nSPS) is 12.2. The van der Waals surface area contributed by atoms with Crippen LogP contribution in [0, 0.1) is 0 Å². The third-order valence-electron chi connectivity index (χ3n) is 3.26. The molecule has 0 saturated carbocycles. The standard InChI is InChI=1S/C16H25N3/c1-16(2,3)18-11-7-4-8-12-19-13-17-14-9-5-6-10-15(14)19/h5-6,9-10,13,18H,4,7-8,11-12H2,1-3H3. The highest BCUT2D eigenvalue weighted by Crippen LogP contribution is 2.12. The first-order chi connectivity index (χ1) is 9.06. The van der Waals surface area contributed by atoms with Crippen molar-refractivity contribution in [3.63, 3.8) is 0 Å².